The zero-order valence-electron chi connectivity index (χ0n) is 25.6. The maximum absolute atomic E-state index is 2.37. The number of hydrogen-bond acceptors (Lipinski definition) is 0. The van der Waals surface area contributed by atoms with E-state index in [4.69, 9.17) is 0 Å². The van der Waals surface area contributed by atoms with Crippen molar-refractivity contribution in [2.45, 2.75) is 6.92 Å². The molecule has 0 atom stereocenters. The second-order valence-electron chi connectivity index (χ2n) is 12.0. The minimum atomic E-state index is 1.13. The van der Waals surface area contributed by atoms with Gasteiger partial charge < -0.3 is 4.57 Å². The standard InChI is InChI=1S/C45H31N/c1-2-11-34(46-42-20-7-5-17-39(42)40-18-6-8-21-43(40)46)15-9-13-31-22-23-32-26-29-41-38(28-25-33-24-27-36(31)44(32)45(33)41)37-19-10-14-30-12-3-4-16-35(30)37/h2-29H,1H3/b11-2-,13-9+,34-15+. The topological polar surface area (TPSA) is 4.93 Å². The van der Waals surface area contributed by atoms with Crippen LogP contribution in [0.5, 0.6) is 0 Å². The van der Waals surface area contributed by atoms with Gasteiger partial charge in [0.25, 0.3) is 0 Å². The maximum atomic E-state index is 2.37. The van der Waals surface area contributed by atoms with E-state index in [-0.39, 0.29) is 0 Å². The SMILES string of the molecule is C\C=C/C(=C\C=C\c1ccc2ccc3c(-c4cccc5ccccc45)ccc4ccc1c2c43)n1c2ccccc2c2ccccc21. The summed E-state index contributed by atoms with van der Waals surface area (Å²) in [4.78, 5) is 0. The first-order chi connectivity index (χ1) is 22.8. The zero-order chi connectivity index (χ0) is 30.6. The van der Waals surface area contributed by atoms with Crippen LogP contribution in [0, 0.1) is 0 Å². The van der Waals surface area contributed by atoms with Gasteiger partial charge in [-0.05, 0) is 91.0 Å². The van der Waals surface area contributed by atoms with Crippen molar-refractivity contribution in [2.75, 3.05) is 0 Å². The van der Waals surface area contributed by atoms with Crippen molar-refractivity contribution in [3.05, 3.63) is 169 Å². The van der Waals surface area contributed by atoms with Crippen molar-refractivity contribution in [2.24, 2.45) is 0 Å². The number of aromatic nitrogens is 1. The van der Waals surface area contributed by atoms with Crippen LogP contribution in [-0.2, 0) is 0 Å². The predicted molar refractivity (Wildman–Crippen MR) is 201 cm³/mol. The normalized spacial score (nSPS) is 12.8. The Morgan fingerprint density at radius 1 is 0.478 bits per heavy atom. The van der Waals surface area contributed by atoms with Crippen LogP contribution in [0.25, 0.3) is 87.8 Å². The van der Waals surface area contributed by atoms with Gasteiger partial charge in [0.05, 0.1) is 11.0 Å². The first-order valence-electron chi connectivity index (χ1n) is 16.0. The average molecular weight is 586 g/mol. The summed E-state index contributed by atoms with van der Waals surface area (Å²) in [5.74, 6) is 0. The fraction of sp³-hybridized carbons (Fsp3) is 0.0222. The van der Waals surface area contributed by atoms with E-state index >= 15 is 0 Å². The van der Waals surface area contributed by atoms with Crippen molar-refractivity contribution < 1.29 is 0 Å². The van der Waals surface area contributed by atoms with Gasteiger partial charge in [-0.3, -0.25) is 0 Å². The van der Waals surface area contributed by atoms with Crippen LogP contribution in [0.15, 0.2) is 164 Å². The number of allylic oxidation sites excluding steroid dienone is 5. The van der Waals surface area contributed by atoms with E-state index in [0.29, 0.717) is 0 Å². The summed E-state index contributed by atoms with van der Waals surface area (Å²) in [6, 6.07) is 51.0. The lowest BCUT2D eigenvalue weighted by atomic mass is 9.87. The number of rotatable bonds is 5. The summed E-state index contributed by atoms with van der Waals surface area (Å²) in [6.07, 6.45) is 11.0. The summed E-state index contributed by atoms with van der Waals surface area (Å²) in [5, 5.41) is 12.9. The molecule has 0 radical (unpaired) electrons. The number of benzene rings is 8. The predicted octanol–water partition coefficient (Wildman–Crippen LogP) is 12.6. The van der Waals surface area contributed by atoms with Crippen LogP contribution < -0.4 is 0 Å². The first kappa shape index (κ1) is 26.5. The number of para-hydroxylation sites is 2. The molecule has 0 aliphatic carbocycles. The number of fused-ring (bicyclic) bond motifs is 4. The molecule has 0 saturated heterocycles. The molecule has 0 unspecified atom stereocenters. The quantitative estimate of drug-likeness (QED) is 0.140. The van der Waals surface area contributed by atoms with Gasteiger partial charge >= 0.3 is 0 Å². The molecular formula is C45H31N. The summed E-state index contributed by atoms with van der Waals surface area (Å²) < 4.78 is 2.37. The molecule has 1 heterocycles. The summed E-state index contributed by atoms with van der Waals surface area (Å²) in [7, 11) is 0. The van der Waals surface area contributed by atoms with Gasteiger partial charge in [-0.25, -0.2) is 0 Å². The van der Waals surface area contributed by atoms with Crippen LogP contribution in [0.4, 0.5) is 0 Å². The van der Waals surface area contributed by atoms with Crippen molar-refractivity contribution >= 4 is 76.7 Å². The lowest BCUT2D eigenvalue weighted by Crippen LogP contribution is -1.94. The molecule has 0 fully saturated rings. The molecule has 46 heavy (non-hydrogen) atoms. The van der Waals surface area contributed by atoms with Gasteiger partial charge in [0.15, 0.2) is 0 Å². The third-order valence-corrected chi connectivity index (χ3v) is 9.50. The van der Waals surface area contributed by atoms with Crippen LogP contribution in [0.1, 0.15) is 12.5 Å². The molecule has 9 aromatic rings. The lowest BCUT2D eigenvalue weighted by Gasteiger charge is -2.16. The molecule has 9 rings (SSSR count). The van der Waals surface area contributed by atoms with Gasteiger partial charge in [-0.1, -0.05) is 146 Å². The molecule has 8 aromatic carbocycles. The average Bonchev–Trinajstić information content (AvgIpc) is 3.45. The molecule has 0 amide bonds. The first-order valence-corrected chi connectivity index (χ1v) is 16.0. The minimum absolute atomic E-state index is 1.13. The molecule has 0 saturated carbocycles. The molecule has 1 aromatic heterocycles. The monoisotopic (exact) mass is 585 g/mol. The minimum Gasteiger partial charge on any atom is -0.309 e. The summed E-state index contributed by atoms with van der Waals surface area (Å²) in [6.45, 7) is 2.08. The Morgan fingerprint density at radius 3 is 1.83 bits per heavy atom. The fourth-order valence-electron chi connectivity index (χ4n) is 7.49. The van der Waals surface area contributed by atoms with Crippen molar-refractivity contribution in [3.8, 4) is 11.1 Å². The third kappa shape index (κ3) is 4.02. The molecule has 0 bridgehead atoms. The van der Waals surface area contributed by atoms with Crippen molar-refractivity contribution in [1.82, 2.24) is 4.57 Å². The van der Waals surface area contributed by atoms with E-state index in [1.54, 1.807) is 0 Å². The molecule has 216 valence electrons. The molecule has 0 N–H and O–H groups in total. The van der Waals surface area contributed by atoms with Gasteiger partial charge in [-0.2, -0.15) is 0 Å². The highest BCUT2D eigenvalue weighted by molar-refractivity contribution is 6.27. The largest absolute Gasteiger partial charge is 0.309 e. The molecule has 0 aliphatic heterocycles. The molecular weight excluding hydrogens is 555 g/mol. The fourth-order valence-corrected chi connectivity index (χ4v) is 7.49. The number of hydrogen-bond donors (Lipinski definition) is 0. The van der Waals surface area contributed by atoms with Gasteiger partial charge in [-0.15, -0.1) is 0 Å². The maximum Gasteiger partial charge on any atom is 0.0541 e. The van der Waals surface area contributed by atoms with Crippen LogP contribution in [-0.4, -0.2) is 4.57 Å². The second-order valence-corrected chi connectivity index (χ2v) is 12.0. The Morgan fingerprint density at radius 2 is 1.07 bits per heavy atom. The van der Waals surface area contributed by atoms with E-state index in [1.165, 1.54) is 81.6 Å². The molecule has 1 nitrogen and oxygen atoms in total. The Kier molecular flexibility index (Phi) is 6.11. The Bertz CT molecular complexity index is 2640. The van der Waals surface area contributed by atoms with E-state index in [0.717, 1.165) is 5.70 Å². The lowest BCUT2D eigenvalue weighted by molar-refractivity contribution is 1.24. The van der Waals surface area contributed by atoms with E-state index in [9.17, 15) is 0 Å². The van der Waals surface area contributed by atoms with Crippen LogP contribution in [0.3, 0.4) is 0 Å². The van der Waals surface area contributed by atoms with E-state index in [1.807, 2.05) is 0 Å². The highest BCUT2D eigenvalue weighted by Crippen LogP contribution is 2.42. The zero-order valence-corrected chi connectivity index (χ0v) is 25.6. The van der Waals surface area contributed by atoms with Crippen molar-refractivity contribution in [3.63, 3.8) is 0 Å². The van der Waals surface area contributed by atoms with E-state index < -0.39 is 0 Å². The molecule has 1 heteroatoms. The molecule has 0 aliphatic rings. The van der Waals surface area contributed by atoms with Crippen molar-refractivity contribution in [1.29, 1.82) is 0 Å². The molecule has 0 spiro atoms. The number of nitrogens with zero attached hydrogens (tertiary/aromatic N) is 1. The Labute approximate surface area is 268 Å². The van der Waals surface area contributed by atoms with Crippen LogP contribution >= 0.6 is 0 Å². The van der Waals surface area contributed by atoms with E-state index in [2.05, 4.69) is 181 Å². The second kappa shape index (κ2) is 10.6. The van der Waals surface area contributed by atoms with Gasteiger partial charge in [0.2, 0.25) is 0 Å². The Hall–Kier alpha value is -5.92. The third-order valence-electron chi connectivity index (χ3n) is 9.50. The smallest absolute Gasteiger partial charge is 0.0541 e. The highest BCUT2D eigenvalue weighted by Gasteiger charge is 2.15. The van der Waals surface area contributed by atoms with Gasteiger partial charge in [0.1, 0.15) is 0 Å². The van der Waals surface area contributed by atoms with Gasteiger partial charge in [0, 0.05) is 16.5 Å². The highest BCUT2D eigenvalue weighted by atomic mass is 15.0. The van der Waals surface area contributed by atoms with Crippen LogP contribution in [0.2, 0.25) is 0 Å². The Balaban J connectivity index is 1.21. The summed E-state index contributed by atoms with van der Waals surface area (Å²) in [5.41, 5.74) is 7.34. The summed E-state index contributed by atoms with van der Waals surface area (Å²) >= 11 is 0.